The summed E-state index contributed by atoms with van der Waals surface area (Å²) in [5, 5.41) is 11.2. The van der Waals surface area contributed by atoms with Gasteiger partial charge >= 0.3 is 5.97 Å². The molecule has 0 aromatic heterocycles. The van der Waals surface area contributed by atoms with Crippen LogP contribution in [0.1, 0.15) is 42.5 Å². The van der Waals surface area contributed by atoms with E-state index < -0.39 is 23.2 Å². The Hall–Kier alpha value is -1.95. The Labute approximate surface area is 116 Å². The number of carboxylic acids is 1. The maximum Gasteiger partial charge on any atom is 0.335 e. The molecule has 0 unspecified atom stereocenters. The molecule has 1 aromatic carbocycles. The normalized spacial score (nSPS) is 17.5. The van der Waals surface area contributed by atoms with E-state index in [4.69, 9.17) is 10.8 Å². The number of carbonyl (C=O) groups is 2. The van der Waals surface area contributed by atoms with Crippen LogP contribution in [-0.2, 0) is 4.79 Å². The quantitative estimate of drug-likeness (QED) is 0.790. The van der Waals surface area contributed by atoms with E-state index in [0.29, 0.717) is 12.8 Å². The number of benzene rings is 1. The Morgan fingerprint density at radius 3 is 2.45 bits per heavy atom. The predicted molar refractivity (Wildman–Crippen MR) is 72.0 cm³/mol. The Kier molecular flexibility index (Phi) is 4.04. The van der Waals surface area contributed by atoms with E-state index >= 15 is 0 Å². The average molecular weight is 280 g/mol. The number of carboxylic acid groups (broad SMARTS) is 1. The van der Waals surface area contributed by atoms with Gasteiger partial charge in [-0.1, -0.05) is 19.3 Å². The zero-order valence-electron chi connectivity index (χ0n) is 11.0. The predicted octanol–water partition coefficient (Wildman–Crippen LogP) is 2.12. The molecule has 1 saturated carbocycles. The lowest BCUT2D eigenvalue weighted by atomic mass is 9.82. The van der Waals surface area contributed by atoms with Crippen LogP contribution in [0, 0.1) is 5.82 Å². The van der Waals surface area contributed by atoms with Gasteiger partial charge in [-0.15, -0.1) is 0 Å². The summed E-state index contributed by atoms with van der Waals surface area (Å²) < 4.78 is 13.7. The smallest absolute Gasteiger partial charge is 0.335 e. The van der Waals surface area contributed by atoms with Crippen molar-refractivity contribution in [3.8, 4) is 0 Å². The van der Waals surface area contributed by atoms with Crippen LogP contribution in [0.25, 0.3) is 0 Å². The lowest BCUT2D eigenvalue weighted by Crippen LogP contribution is -2.52. The molecule has 0 aliphatic heterocycles. The van der Waals surface area contributed by atoms with Gasteiger partial charge in [0.05, 0.1) is 16.8 Å². The number of hydrogen-bond acceptors (Lipinski definition) is 3. The van der Waals surface area contributed by atoms with E-state index in [1.807, 2.05) is 0 Å². The minimum absolute atomic E-state index is 0.0459. The van der Waals surface area contributed by atoms with E-state index in [9.17, 15) is 14.0 Å². The third-order valence-corrected chi connectivity index (χ3v) is 3.66. The number of halogens is 1. The highest BCUT2D eigenvalue weighted by atomic mass is 19.1. The molecule has 5 nitrogen and oxygen atoms in total. The zero-order valence-corrected chi connectivity index (χ0v) is 11.0. The van der Waals surface area contributed by atoms with Gasteiger partial charge in [-0.25, -0.2) is 9.18 Å². The fourth-order valence-electron chi connectivity index (χ4n) is 2.41. The van der Waals surface area contributed by atoms with Crippen LogP contribution in [0.4, 0.5) is 10.1 Å². The number of carbonyl (C=O) groups excluding carboxylic acids is 1. The number of nitrogens with two attached hydrogens (primary N) is 1. The molecule has 0 saturated heterocycles. The summed E-state index contributed by atoms with van der Waals surface area (Å²) >= 11 is 0. The molecule has 1 aliphatic rings. The second-order valence-corrected chi connectivity index (χ2v) is 5.17. The maximum absolute atomic E-state index is 13.7. The fraction of sp³-hybridized carbons (Fsp3) is 0.429. The van der Waals surface area contributed by atoms with Crippen LogP contribution >= 0.6 is 0 Å². The standard InChI is InChI=1S/C14H17FN2O3/c15-10-8-9(12(18)19)4-5-11(10)17-13(20)14(16)6-2-1-3-7-14/h4-5,8H,1-3,6-7,16H2,(H,17,20)(H,18,19). The highest BCUT2D eigenvalue weighted by molar-refractivity contribution is 5.98. The average Bonchev–Trinajstić information content (AvgIpc) is 2.41. The number of nitrogens with one attached hydrogen (secondary N) is 1. The van der Waals surface area contributed by atoms with E-state index in [2.05, 4.69) is 5.32 Å². The summed E-state index contributed by atoms with van der Waals surface area (Å²) in [6.07, 6.45) is 3.96. The number of aromatic carboxylic acids is 1. The molecule has 4 N–H and O–H groups in total. The molecule has 1 amide bonds. The van der Waals surface area contributed by atoms with Gasteiger partial charge in [0, 0.05) is 0 Å². The molecule has 6 heteroatoms. The minimum atomic E-state index is -1.22. The number of hydrogen-bond donors (Lipinski definition) is 3. The molecule has 20 heavy (non-hydrogen) atoms. The van der Waals surface area contributed by atoms with Gasteiger partial charge in [-0.05, 0) is 31.0 Å². The van der Waals surface area contributed by atoms with Crippen LogP contribution in [0.5, 0.6) is 0 Å². The van der Waals surface area contributed by atoms with Crippen molar-refractivity contribution < 1.29 is 19.1 Å². The highest BCUT2D eigenvalue weighted by Crippen LogP contribution is 2.27. The van der Waals surface area contributed by atoms with Crippen molar-refractivity contribution in [2.75, 3.05) is 5.32 Å². The third-order valence-electron chi connectivity index (χ3n) is 3.66. The summed E-state index contributed by atoms with van der Waals surface area (Å²) in [6.45, 7) is 0. The van der Waals surface area contributed by atoms with Gasteiger partial charge in [-0.2, -0.15) is 0 Å². The van der Waals surface area contributed by atoms with Gasteiger partial charge in [0.1, 0.15) is 5.82 Å². The first kappa shape index (κ1) is 14.5. The fourth-order valence-corrected chi connectivity index (χ4v) is 2.41. The van der Waals surface area contributed by atoms with Crippen molar-refractivity contribution in [1.29, 1.82) is 0 Å². The lowest BCUT2D eigenvalue weighted by Gasteiger charge is -2.31. The van der Waals surface area contributed by atoms with E-state index in [1.165, 1.54) is 12.1 Å². The molecule has 1 aromatic rings. The molecule has 0 spiro atoms. The van der Waals surface area contributed by atoms with E-state index in [-0.39, 0.29) is 11.3 Å². The monoisotopic (exact) mass is 280 g/mol. The summed E-state index contributed by atoms with van der Waals surface area (Å²) in [5.41, 5.74) is 4.88. The minimum Gasteiger partial charge on any atom is -0.478 e. The molecule has 2 rings (SSSR count). The number of amides is 1. The van der Waals surface area contributed by atoms with Gasteiger partial charge in [-0.3, -0.25) is 4.79 Å². The third kappa shape index (κ3) is 2.96. The molecule has 0 bridgehead atoms. The van der Waals surface area contributed by atoms with E-state index in [1.54, 1.807) is 0 Å². The Morgan fingerprint density at radius 1 is 1.25 bits per heavy atom. The molecule has 0 atom stereocenters. The molecular formula is C14H17FN2O3. The molecule has 0 heterocycles. The van der Waals surface area contributed by atoms with Gasteiger partial charge in [0.25, 0.3) is 0 Å². The van der Waals surface area contributed by atoms with Gasteiger partial charge in [0.2, 0.25) is 5.91 Å². The SMILES string of the molecule is NC1(C(=O)Nc2ccc(C(=O)O)cc2F)CCCCC1. The molecular weight excluding hydrogens is 263 g/mol. The summed E-state index contributed by atoms with van der Waals surface area (Å²) in [6, 6.07) is 3.36. The number of anilines is 1. The molecule has 1 aliphatic carbocycles. The van der Waals surface area contributed by atoms with Crippen LogP contribution < -0.4 is 11.1 Å². The largest absolute Gasteiger partial charge is 0.478 e. The van der Waals surface area contributed by atoms with Gasteiger partial charge < -0.3 is 16.2 Å². The number of rotatable bonds is 3. The summed E-state index contributed by atoms with van der Waals surface area (Å²) in [4.78, 5) is 22.9. The van der Waals surface area contributed by atoms with Gasteiger partial charge in [0.15, 0.2) is 0 Å². The Balaban J connectivity index is 2.13. The molecule has 108 valence electrons. The maximum atomic E-state index is 13.7. The first-order valence-electron chi connectivity index (χ1n) is 6.55. The van der Waals surface area contributed by atoms with Crippen molar-refractivity contribution in [2.24, 2.45) is 5.73 Å². The Bertz CT molecular complexity index is 539. The first-order chi connectivity index (χ1) is 9.42. The zero-order chi connectivity index (χ0) is 14.8. The summed E-state index contributed by atoms with van der Waals surface area (Å²) in [5.74, 6) is -2.42. The highest BCUT2D eigenvalue weighted by Gasteiger charge is 2.35. The van der Waals surface area contributed by atoms with E-state index in [0.717, 1.165) is 25.3 Å². The van der Waals surface area contributed by atoms with Crippen molar-refractivity contribution in [3.05, 3.63) is 29.6 Å². The second kappa shape index (κ2) is 5.58. The topological polar surface area (TPSA) is 92.4 Å². The lowest BCUT2D eigenvalue weighted by molar-refractivity contribution is -0.122. The van der Waals surface area contributed by atoms with Crippen molar-refractivity contribution in [2.45, 2.75) is 37.6 Å². The summed E-state index contributed by atoms with van der Waals surface area (Å²) in [7, 11) is 0. The van der Waals surface area contributed by atoms with Crippen LogP contribution in [0.2, 0.25) is 0 Å². The first-order valence-corrected chi connectivity index (χ1v) is 6.55. The second-order valence-electron chi connectivity index (χ2n) is 5.17. The van der Waals surface area contributed by atoms with Crippen molar-refractivity contribution >= 4 is 17.6 Å². The van der Waals surface area contributed by atoms with Crippen LogP contribution in [0.3, 0.4) is 0 Å². The molecule has 1 fully saturated rings. The Morgan fingerprint density at radius 2 is 1.90 bits per heavy atom. The van der Waals surface area contributed by atoms with Crippen molar-refractivity contribution in [1.82, 2.24) is 0 Å². The van der Waals surface area contributed by atoms with Crippen LogP contribution in [-0.4, -0.2) is 22.5 Å². The van der Waals surface area contributed by atoms with Crippen LogP contribution in [0.15, 0.2) is 18.2 Å². The van der Waals surface area contributed by atoms with Crippen molar-refractivity contribution in [3.63, 3.8) is 0 Å². The molecule has 0 radical (unpaired) electrons.